The van der Waals surface area contributed by atoms with Crippen LogP contribution in [0.3, 0.4) is 0 Å². The Morgan fingerprint density at radius 1 is 1.30 bits per heavy atom. The summed E-state index contributed by atoms with van der Waals surface area (Å²) in [6.07, 6.45) is 2.81. The Balaban J connectivity index is 1.91. The van der Waals surface area contributed by atoms with E-state index in [1.54, 1.807) is 12.1 Å². The molecule has 0 aliphatic heterocycles. The van der Waals surface area contributed by atoms with Crippen molar-refractivity contribution in [3.05, 3.63) is 35.4 Å². The summed E-state index contributed by atoms with van der Waals surface area (Å²) in [5.74, 6) is -0.333. The lowest BCUT2D eigenvalue weighted by atomic mass is 9.68. The molecule has 0 atom stereocenters. The Morgan fingerprint density at radius 3 is 2.40 bits per heavy atom. The number of carbonyl (C=O) groups is 2. The van der Waals surface area contributed by atoms with Crippen LogP contribution in [0, 0.1) is 5.41 Å². The lowest BCUT2D eigenvalue weighted by Gasteiger charge is -2.39. The Morgan fingerprint density at radius 2 is 1.95 bits per heavy atom. The van der Waals surface area contributed by atoms with Crippen LogP contribution in [0.5, 0.6) is 0 Å². The van der Waals surface area contributed by atoms with Crippen molar-refractivity contribution in [2.75, 3.05) is 13.7 Å². The van der Waals surface area contributed by atoms with E-state index in [-0.39, 0.29) is 17.3 Å². The van der Waals surface area contributed by atoms with E-state index in [0.29, 0.717) is 18.7 Å². The van der Waals surface area contributed by atoms with Crippen LogP contribution in [-0.2, 0) is 16.1 Å². The fourth-order valence-corrected chi connectivity index (χ4v) is 2.37. The number of nitrogens with two attached hydrogens (primary N) is 1. The highest BCUT2D eigenvalue weighted by Gasteiger charge is 2.42. The molecule has 2 rings (SSSR count). The second kappa shape index (κ2) is 6.05. The number of methoxy groups -OCH3 is 1. The van der Waals surface area contributed by atoms with Crippen molar-refractivity contribution in [1.82, 2.24) is 5.32 Å². The largest absolute Gasteiger partial charge is 0.465 e. The monoisotopic (exact) mass is 276 g/mol. The number of hydrogen-bond donors (Lipinski definition) is 2. The first-order valence-corrected chi connectivity index (χ1v) is 6.77. The van der Waals surface area contributed by atoms with Gasteiger partial charge in [-0.3, -0.25) is 4.79 Å². The summed E-state index contributed by atoms with van der Waals surface area (Å²) in [5.41, 5.74) is 6.78. The summed E-state index contributed by atoms with van der Waals surface area (Å²) in [5, 5.41) is 2.92. The number of amides is 1. The second-order valence-corrected chi connectivity index (χ2v) is 5.21. The van der Waals surface area contributed by atoms with E-state index in [0.717, 1.165) is 24.8 Å². The number of nitrogens with one attached hydrogen (secondary N) is 1. The van der Waals surface area contributed by atoms with Crippen molar-refractivity contribution in [1.29, 1.82) is 0 Å². The first-order valence-electron chi connectivity index (χ1n) is 6.77. The van der Waals surface area contributed by atoms with Crippen LogP contribution in [-0.4, -0.2) is 25.5 Å². The van der Waals surface area contributed by atoms with Gasteiger partial charge in [0.1, 0.15) is 0 Å². The van der Waals surface area contributed by atoms with Gasteiger partial charge in [0, 0.05) is 13.1 Å². The lowest BCUT2D eigenvalue weighted by Crippen LogP contribution is -2.50. The third-order valence-electron chi connectivity index (χ3n) is 4.01. The van der Waals surface area contributed by atoms with Crippen molar-refractivity contribution >= 4 is 11.9 Å². The molecule has 0 heterocycles. The molecule has 1 aromatic carbocycles. The van der Waals surface area contributed by atoms with Crippen LogP contribution in [0.2, 0.25) is 0 Å². The molecule has 20 heavy (non-hydrogen) atoms. The van der Waals surface area contributed by atoms with Gasteiger partial charge in [-0.2, -0.15) is 0 Å². The molecule has 5 heteroatoms. The van der Waals surface area contributed by atoms with Gasteiger partial charge in [-0.25, -0.2) is 4.79 Å². The van der Waals surface area contributed by atoms with Crippen LogP contribution in [0.15, 0.2) is 24.3 Å². The van der Waals surface area contributed by atoms with E-state index in [2.05, 4.69) is 10.1 Å². The molecule has 5 nitrogen and oxygen atoms in total. The van der Waals surface area contributed by atoms with Crippen LogP contribution >= 0.6 is 0 Å². The molecule has 0 spiro atoms. The van der Waals surface area contributed by atoms with Gasteiger partial charge in [-0.1, -0.05) is 18.6 Å². The van der Waals surface area contributed by atoms with Gasteiger partial charge >= 0.3 is 5.97 Å². The molecule has 0 unspecified atom stereocenters. The predicted octanol–water partition coefficient (Wildman–Crippen LogP) is 1.22. The van der Waals surface area contributed by atoms with Gasteiger partial charge in [0.15, 0.2) is 0 Å². The van der Waals surface area contributed by atoms with E-state index < -0.39 is 0 Å². The minimum absolute atomic E-state index is 0.0308. The normalized spacial score (nSPS) is 16.1. The number of rotatable bonds is 5. The third-order valence-corrected chi connectivity index (χ3v) is 4.01. The fraction of sp³-hybridized carbons (Fsp3) is 0.467. The molecular weight excluding hydrogens is 256 g/mol. The summed E-state index contributed by atoms with van der Waals surface area (Å²) in [6.45, 7) is 0.849. The van der Waals surface area contributed by atoms with Crippen LogP contribution in [0.4, 0.5) is 0 Å². The van der Waals surface area contributed by atoms with Crippen molar-refractivity contribution < 1.29 is 14.3 Å². The van der Waals surface area contributed by atoms with E-state index in [1.165, 1.54) is 7.11 Å². The molecular formula is C15H20N2O3. The van der Waals surface area contributed by atoms with E-state index in [4.69, 9.17) is 5.73 Å². The number of carbonyl (C=O) groups excluding carboxylic acids is 2. The van der Waals surface area contributed by atoms with Crippen molar-refractivity contribution in [2.24, 2.45) is 11.1 Å². The van der Waals surface area contributed by atoms with Gasteiger partial charge in [-0.15, -0.1) is 0 Å². The molecule has 1 aliphatic carbocycles. The van der Waals surface area contributed by atoms with E-state index in [1.807, 2.05) is 12.1 Å². The minimum atomic E-state index is -0.364. The van der Waals surface area contributed by atoms with Crippen LogP contribution in [0.1, 0.15) is 35.2 Å². The SMILES string of the molecule is COC(=O)c1ccc(CNC(=O)C2(CN)CCC2)cc1. The zero-order valence-electron chi connectivity index (χ0n) is 11.6. The first kappa shape index (κ1) is 14.5. The highest BCUT2D eigenvalue weighted by atomic mass is 16.5. The molecule has 1 saturated carbocycles. The maximum Gasteiger partial charge on any atom is 0.337 e. The smallest absolute Gasteiger partial charge is 0.337 e. The molecule has 1 aromatic rings. The highest BCUT2D eigenvalue weighted by Crippen LogP contribution is 2.40. The van der Waals surface area contributed by atoms with Crippen molar-refractivity contribution in [3.63, 3.8) is 0 Å². The summed E-state index contributed by atoms with van der Waals surface area (Å²) >= 11 is 0. The Bertz CT molecular complexity index is 487. The molecule has 0 saturated heterocycles. The molecule has 0 bridgehead atoms. The molecule has 0 aromatic heterocycles. The maximum atomic E-state index is 12.1. The van der Waals surface area contributed by atoms with Crippen molar-refractivity contribution in [3.8, 4) is 0 Å². The highest BCUT2D eigenvalue weighted by molar-refractivity contribution is 5.89. The predicted molar refractivity (Wildman–Crippen MR) is 75.0 cm³/mol. The zero-order chi connectivity index (χ0) is 14.6. The van der Waals surface area contributed by atoms with Gasteiger partial charge in [0.2, 0.25) is 5.91 Å². The summed E-state index contributed by atoms with van der Waals surface area (Å²) in [6, 6.07) is 7.00. The van der Waals surface area contributed by atoms with Gasteiger partial charge in [0.05, 0.1) is 18.1 Å². The quantitative estimate of drug-likeness (QED) is 0.792. The Kier molecular flexibility index (Phi) is 4.39. The number of hydrogen-bond acceptors (Lipinski definition) is 4. The van der Waals surface area contributed by atoms with Crippen LogP contribution in [0.25, 0.3) is 0 Å². The minimum Gasteiger partial charge on any atom is -0.465 e. The lowest BCUT2D eigenvalue weighted by molar-refractivity contribution is -0.135. The second-order valence-electron chi connectivity index (χ2n) is 5.21. The number of ether oxygens (including phenoxy) is 1. The molecule has 3 N–H and O–H groups in total. The average Bonchev–Trinajstić information content (AvgIpc) is 2.44. The standard InChI is InChI=1S/C15H20N2O3/c1-20-13(18)12-5-3-11(4-6-12)9-17-14(19)15(10-16)7-2-8-15/h3-6H,2,7-10,16H2,1H3,(H,17,19). The topological polar surface area (TPSA) is 81.4 Å². The molecule has 1 amide bonds. The fourth-order valence-electron chi connectivity index (χ4n) is 2.37. The summed E-state index contributed by atoms with van der Waals surface area (Å²) in [4.78, 5) is 23.4. The Labute approximate surface area is 118 Å². The molecule has 0 radical (unpaired) electrons. The zero-order valence-corrected chi connectivity index (χ0v) is 11.6. The maximum absolute atomic E-state index is 12.1. The summed E-state index contributed by atoms with van der Waals surface area (Å²) in [7, 11) is 1.35. The first-order chi connectivity index (χ1) is 9.61. The van der Waals surface area contributed by atoms with E-state index in [9.17, 15) is 9.59 Å². The van der Waals surface area contributed by atoms with Gasteiger partial charge in [-0.05, 0) is 30.5 Å². The van der Waals surface area contributed by atoms with Crippen LogP contribution < -0.4 is 11.1 Å². The average molecular weight is 276 g/mol. The molecule has 1 aliphatic rings. The van der Waals surface area contributed by atoms with Gasteiger partial charge in [0.25, 0.3) is 0 Å². The number of esters is 1. The molecule has 108 valence electrons. The molecule has 1 fully saturated rings. The summed E-state index contributed by atoms with van der Waals surface area (Å²) < 4.78 is 4.63. The Hall–Kier alpha value is -1.88. The third kappa shape index (κ3) is 2.82. The van der Waals surface area contributed by atoms with Gasteiger partial charge < -0.3 is 15.8 Å². The van der Waals surface area contributed by atoms with Crippen molar-refractivity contribution in [2.45, 2.75) is 25.8 Å². The number of benzene rings is 1. The van der Waals surface area contributed by atoms with E-state index >= 15 is 0 Å².